The maximum Gasteiger partial charge on any atom is 0.516 e. The van der Waals surface area contributed by atoms with Crippen LogP contribution in [0.25, 0.3) is 6.08 Å². The number of nitrogens with zero attached hydrogens (tertiary/aromatic N) is 1. The van der Waals surface area contributed by atoms with Crippen molar-refractivity contribution in [3.63, 3.8) is 0 Å². The first-order chi connectivity index (χ1) is 8.25. The van der Waals surface area contributed by atoms with Gasteiger partial charge in [0.2, 0.25) is 0 Å². The number of anilines is 1. The minimum atomic E-state index is -5.38. The van der Waals surface area contributed by atoms with E-state index in [9.17, 15) is 21.6 Å². The van der Waals surface area contributed by atoms with Crippen LogP contribution in [0.5, 0.6) is 0 Å². The fourth-order valence-corrected chi connectivity index (χ4v) is 2.99. The standard InChI is InChI=1S/C11H10F3NO2S/c1-8-6-7-9-4-2-3-5-10(9)15(8)18(16,17)11(12,13)14/h2-8H,1H3. The minimum absolute atomic E-state index is 0.0461. The SMILES string of the molecule is CC1C=Cc2ccccc2N1S(=O)(=O)C(F)(F)F. The molecule has 0 saturated heterocycles. The van der Waals surface area contributed by atoms with E-state index in [1.165, 1.54) is 25.1 Å². The van der Waals surface area contributed by atoms with Crippen molar-refractivity contribution in [1.82, 2.24) is 0 Å². The van der Waals surface area contributed by atoms with E-state index in [1.807, 2.05) is 0 Å². The van der Waals surface area contributed by atoms with E-state index < -0.39 is 21.6 Å². The Labute approximate surface area is 103 Å². The van der Waals surface area contributed by atoms with Crippen LogP contribution in [0.3, 0.4) is 0 Å². The summed E-state index contributed by atoms with van der Waals surface area (Å²) < 4.78 is 61.4. The molecule has 2 rings (SSSR count). The fourth-order valence-electron chi connectivity index (χ4n) is 1.83. The van der Waals surface area contributed by atoms with E-state index in [-0.39, 0.29) is 5.69 Å². The van der Waals surface area contributed by atoms with Crippen molar-refractivity contribution >= 4 is 21.8 Å². The third-order valence-electron chi connectivity index (χ3n) is 2.65. The Morgan fingerprint density at radius 3 is 2.44 bits per heavy atom. The third kappa shape index (κ3) is 1.88. The quantitative estimate of drug-likeness (QED) is 0.791. The molecule has 1 unspecified atom stereocenters. The molecule has 0 N–H and O–H groups in total. The lowest BCUT2D eigenvalue weighted by molar-refractivity contribution is -0.0439. The maximum atomic E-state index is 12.6. The number of alkyl halides is 3. The number of halogens is 3. The van der Waals surface area contributed by atoms with Gasteiger partial charge in [0.05, 0.1) is 11.7 Å². The average molecular weight is 277 g/mol. The predicted octanol–water partition coefficient (Wildman–Crippen LogP) is 2.76. The molecule has 0 saturated carbocycles. The summed E-state index contributed by atoms with van der Waals surface area (Å²) >= 11 is 0. The molecule has 0 fully saturated rings. The molecule has 0 amide bonds. The van der Waals surface area contributed by atoms with Crippen LogP contribution < -0.4 is 4.31 Å². The Bertz CT molecular complexity index is 593. The lowest BCUT2D eigenvalue weighted by Crippen LogP contribution is -2.46. The maximum absolute atomic E-state index is 12.6. The Kier molecular flexibility index (Phi) is 2.89. The van der Waals surface area contributed by atoms with Gasteiger partial charge in [0.25, 0.3) is 0 Å². The first-order valence-corrected chi connectivity index (χ1v) is 6.57. The van der Waals surface area contributed by atoms with Gasteiger partial charge in [-0.25, -0.2) is 0 Å². The number of rotatable bonds is 1. The molecule has 1 heterocycles. The highest BCUT2D eigenvalue weighted by molar-refractivity contribution is 7.93. The van der Waals surface area contributed by atoms with Crippen molar-refractivity contribution in [3.05, 3.63) is 35.9 Å². The van der Waals surface area contributed by atoms with Crippen molar-refractivity contribution in [2.75, 3.05) is 4.31 Å². The molecular formula is C11H10F3NO2S. The van der Waals surface area contributed by atoms with Gasteiger partial charge < -0.3 is 0 Å². The normalized spacial score (nSPS) is 19.8. The van der Waals surface area contributed by atoms with Gasteiger partial charge >= 0.3 is 15.5 Å². The van der Waals surface area contributed by atoms with Gasteiger partial charge in [-0.2, -0.15) is 21.6 Å². The van der Waals surface area contributed by atoms with Crippen LogP contribution in [-0.2, 0) is 10.0 Å². The van der Waals surface area contributed by atoms with E-state index in [0.29, 0.717) is 9.87 Å². The van der Waals surface area contributed by atoms with Crippen molar-refractivity contribution in [2.45, 2.75) is 18.5 Å². The highest BCUT2D eigenvalue weighted by Gasteiger charge is 2.52. The second-order valence-corrected chi connectivity index (χ2v) is 5.71. The van der Waals surface area contributed by atoms with Gasteiger partial charge in [0, 0.05) is 0 Å². The summed E-state index contributed by atoms with van der Waals surface area (Å²) in [6, 6.07) is 5.20. The Morgan fingerprint density at radius 1 is 1.22 bits per heavy atom. The zero-order chi connectivity index (χ0) is 13.6. The average Bonchev–Trinajstić information content (AvgIpc) is 2.26. The van der Waals surface area contributed by atoms with Crippen LogP contribution in [0.1, 0.15) is 12.5 Å². The number of hydrogen-bond acceptors (Lipinski definition) is 2. The number of fused-ring (bicyclic) bond motifs is 1. The summed E-state index contributed by atoms with van der Waals surface area (Å²) in [6.07, 6.45) is 3.04. The minimum Gasteiger partial charge on any atom is -0.255 e. The third-order valence-corrected chi connectivity index (χ3v) is 4.28. The van der Waals surface area contributed by atoms with Crippen molar-refractivity contribution in [1.29, 1.82) is 0 Å². The molecule has 1 aromatic rings. The highest BCUT2D eigenvalue weighted by atomic mass is 32.2. The zero-order valence-corrected chi connectivity index (χ0v) is 10.2. The summed E-state index contributed by atoms with van der Waals surface area (Å²) in [4.78, 5) is 0. The van der Waals surface area contributed by atoms with Crippen LogP contribution in [0.2, 0.25) is 0 Å². The Balaban J connectivity index is 2.62. The van der Waals surface area contributed by atoms with Gasteiger partial charge in [0.15, 0.2) is 0 Å². The van der Waals surface area contributed by atoms with Gasteiger partial charge in [-0.1, -0.05) is 30.4 Å². The molecule has 18 heavy (non-hydrogen) atoms. The van der Waals surface area contributed by atoms with Crippen LogP contribution >= 0.6 is 0 Å². The summed E-state index contributed by atoms with van der Waals surface area (Å²) in [7, 11) is -5.38. The molecule has 98 valence electrons. The predicted molar refractivity (Wildman–Crippen MR) is 62.4 cm³/mol. The van der Waals surface area contributed by atoms with Gasteiger partial charge in [-0.05, 0) is 18.6 Å². The molecule has 1 aliphatic heterocycles. The molecule has 0 aliphatic carbocycles. The lowest BCUT2D eigenvalue weighted by atomic mass is 10.1. The molecule has 0 aromatic heterocycles. The smallest absolute Gasteiger partial charge is 0.255 e. The highest BCUT2D eigenvalue weighted by Crippen LogP contribution is 2.37. The fraction of sp³-hybridized carbons (Fsp3) is 0.273. The zero-order valence-electron chi connectivity index (χ0n) is 9.35. The van der Waals surface area contributed by atoms with Crippen LogP contribution in [0.4, 0.5) is 18.9 Å². The van der Waals surface area contributed by atoms with Crippen molar-refractivity contribution in [2.24, 2.45) is 0 Å². The number of benzene rings is 1. The summed E-state index contributed by atoms with van der Waals surface area (Å²) in [6.45, 7) is 1.40. The van der Waals surface area contributed by atoms with Crippen molar-refractivity contribution < 1.29 is 21.6 Å². The Morgan fingerprint density at radius 2 is 1.83 bits per heavy atom. The first kappa shape index (κ1) is 12.9. The molecular weight excluding hydrogens is 267 g/mol. The number of sulfonamides is 1. The van der Waals surface area contributed by atoms with E-state index in [4.69, 9.17) is 0 Å². The molecule has 1 aliphatic rings. The summed E-state index contributed by atoms with van der Waals surface area (Å²) in [5.41, 5.74) is -4.81. The van der Waals surface area contributed by atoms with E-state index >= 15 is 0 Å². The molecule has 0 spiro atoms. The Hall–Kier alpha value is -1.50. The van der Waals surface area contributed by atoms with Gasteiger partial charge in [-0.3, -0.25) is 4.31 Å². The second kappa shape index (κ2) is 4.01. The summed E-state index contributed by atoms with van der Waals surface area (Å²) in [5, 5.41) is 0. The largest absolute Gasteiger partial charge is 0.516 e. The molecule has 0 radical (unpaired) electrons. The summed E-state index contributed by atoms with van der Waals surface area (Å²) in [5.74, 6) is 0. The molecule has 7 heteroatoms. The second-order valence-electron chi connectivity index (χ2n) is 3.91. The van der Waals surface area contributed by atoms with Gasteiger partial charge in [0.1, 0.15) is 0 Å². The topological polar surface area (TPSA) is 37.4 Å². The van der Waals surface area contributed by atoms with Crippen LogP contribution in [-0.4, -0.2) is 20.0 Å². The van der Waals surface area contributed by atoms with E-state index in [1.54, 1.807) is 18.2 Å². The van der Waals surface area contributed by atoms with Crippen LogP contribution in [0, 0.1) is 0 Å². The first-order valence-electron chi connectivity index (χ1n) is 5.13. The molecule has 0 bridgehead atoms. The number of para-hydroxylation sites is 1. The van der Waals surface area contributed by atoms with E-state index in [2.05, 4.69) is 0 Å². The van der Waals surface area contributed by atoms with Crippen LogP contribution in [0.15, 0.2) is 30.3 Å². The lowest BCUT2D eigenvalue weighted by Gasteiger charge is -2.32. The van der Waals surface area contributed by atoms with E-state index in [0.717, 1.165) is 0 Å². The molecule has 3 nitrogen and oxygen atoms in total. The van der Waals surface area contributed by atoms with Crippen molar-refractivity contribution in [3.8, 4) is 0 Å². The number of hydrogen-bond donors (Lipinski definition) is 0. The van der Waals surface area contributed by atoms with Gasteiger partial charge in [-0.15, -0.1) is 0 Å². The molecule has 1 aromatic carbocycles. The molecule has 1 atom stereocenters. The monoisotopic (exact) mass is 277 g/mol.